The molecule has 0 heterocycles. The van der Waals surface area contributed by atoms with E-state index in [1.807, 2.05) is 0 Å². The van der Waals surface area contributed by atoms with Crippen LogP contribution < -0.4 is 0 Å². The highest BCUT2D eigenvalue weighted by Gasteiger charge is 2.06. The second kappa shape index (κ2) is 3.64. The van der Waals surface area contributed by atoms with Gasteiger partial charge in [0.1, 0.15) is 6.10 Å². The number of ether oxygens (including phenoxy) is 1. The van der Waals surface area contributed by atoms with Crippen LogP contribution in [0.5, 0.6) is 0 Å². The summed E-state index contributed by atoms with van der Waals surface area (Å²) in [6.07, 6.45) is 0.887. The summed E-state index contributed by atoms with van der Waals surface area (Å²) in [7, 11) is 1.54. The summed E-state index contributed by atoms with van der Waals surface area (Å²) in [4.78, 5) is 0. The number of hydrogen-bond acceptors (Lipinski definition) is 2. The lowest BCUT2D eigenvalue weighted by Crippen LogP contribution is -2.21. The number of rotatable bonds is 3. The third-order valence-corrected chi connectivity index (χ3v) is 0.980. The van der Waals surface area contributed by atoms with Crippen LogP contribution in [-0.4, -0.2) is 24.4 Å². The van der Waals surface area contributed by atoms with E-state index in [9.17, 15) is 0 Å². The third kappa shape index (κ3) is 2.09. The predicted molar refractivity (Wildman–Crippen MR) is 32.7 cm³/mol. The number of aliphatic hydroxyl groups excluding tert-OH is 1. The van der Waals surface area contributed by atoms with Gasteiger partial charge in [-0.1, -0.05) is 6.08 Å². The Balaban J connectivity index is 3.51. The molecule has 0 aromatic heterocycles. The minimum absolute atomic E-state index is 0.227. The standard InChI is InChI=1S/C6H12O2/c1-4-6(8-3)5(2)7/h4-7H,1H2,2-3H3/t5-,6-/m1/s1. The van der Waals surface area contributed by atoms with Crippen LogP contribution in [0.4, 0.5) is 0 Å². The predicted octanol–water partition coefficient (Wildman–Crippen LogP) is 0.568. The second-order valence-corrected chi connectivity index (χ2v) is 1.68. The molecule has 0 amide bonds. The molecule has 2 atom stereocenters. The van der Waals surface area contributed by atoms with Crippen molar-refractivity contribution in [3.05, 3.63) is 12.7 Å². The number of methoxy groups -OCH3 is 1. The van der Waals surface area contributed by atoms with E-state index >= 15 is 0 Å². The molecule has 8 heavy (non-hydrogen) atoms. The molecule has 48 valence electrons. The van der Waals surface area contributed by atoms with Crippen LogP contribution in [0, 0.1) is 0 Å². The van der Waals surface area contributed by atoms with E-state index in [1.54, 1.807) is 20.1 Å². The Morgan fingerprint density at radius 3 is 2.25 bits per heavy atom. The molecule has 2 nitrogen and oxygen atoms in total. The molecule has 0 aliphatic carbocycles. The van der Waals surface area contributed by atoms with Crippen LogP contribution in [-0.2, 0) is 4.74 Å². The Morgan fingerprint density at radius 1 is 1.75 bits per heavy atom. The highest BCUT2D eigenvalue weighted by molar-refractivity contribution is 4.83. The molecule has 0 aromatic carbocycles. The van der Waals surface area contributed by atoms with Gasteiger partial charge in [-0.25, -0.2) is 0 Å². The van der Waals surface area contributed by atoms with Crippen molar-refractivity contribution in [2.45, 2.75) is 19.1 Å². The molecule has 1 N–H and O–H groups in total. The van der Waals surface area contributed by atoms with Crippen LogP contribution in [0.2, 0.25) is 0 Å². The Morgan fingerprint density at radius 2 is 2.25 bits per heavy atom. The van der Waals surface area contributed by atoms with Gasteiger partial charge in [-0.15, -0.1) is 6.58 Å². The fourth-order valence-electron chi connectivity index (χ4n) is 0.490. The first-order valence-corrected chi connectivity index (χ1v) is 2.55. The van der Waals surface area contributed by atoms with Crippen molar-refractivity contribution in [3.63, 3.8) is 0 Å². The summed E-state index contributed by atoms with van der Waals surface area (Å²) in [6, 6.07) is 0. The largest absolute Gasteiger partial charge is 0.390 e. The average Bonchev–Trinajstić information content (AvgIpc) is 1.69. The summed E-state index contributed by atoms with van der Waals surface area (Å²) >= 11 is 0. The van der Waals surface area contributed by atoms with E-state index in [0.717, 1.165) is 0 Å². The van der Waals surface area contributed by atoms with Crippen LogP contribution >= 0.6 is 0 Å². The van der Waals surface area contributed by atoms with Crippen LogP contribution in [0.3, 0.4) is 0 Å². The fourth-order valence-corrected chi connectivity index (χ4v) is 0.490. The van der Waals surface area contributed by atoms with Crippen molar-refractivity contribution in [1.82, 2.24) is 0 Å². The van der Waals surface area contributed by atoms with E-state index in [1.165, 1.54) is 0 Å². The van der Waals surface area contributed by atoms with Crippen LogP contribution in [0.15, 0.2) is 12.7 Å². The maximum absolute atomic E-state index is 8.82. The third-order valence-electron chi connectivity index (χ3n) is 0.980. The molecule has 0 aliphatic heterocycles. The SMILES string of the molecule is C=C[C@@H](OC)[C@@H](C)O. The van der Waals surface area contributed by atoms with E-state index in [0.29, 0.717) is 0 Å². The van der Waals surface area contributed by atoms with Gasteiger partial charge in [0, 0.05) is 7.11 Å². The lowest BCUT2D eigenvalue weighted by Gasteiger charge is -2.11. The first-order chi connectivity index (χ1) is 3.72. The molecule has 0 radical (unpaired) electrons. The van der Waals surface area contributed by atoms with Gasteiger partial charge < -0.3 is 9.84 Å². The molecule has 0 unspecified atom stereocenters. The molecule has 0 saturated carbocycles. The molecule has 0 bridgehead atoms. The quantitative estimate of drug-likeness (QED) is 0.546. The summed E-state index contributed by atoms with van der Waals surface area (Å²) < 4.78 is 4.79. The second-order valence-electron chi connectivity index (χ2n) is 1.68. The van der Waals surface area contributed by atoms with Crippen molar-refractivity contribution in [2.75, 3.05) is 7.11 Å². The zero-order valence-electron chi connectivity index (χ0n) is 5.29. The number of aliphatic hydroxyl groups is 1. The summed E-state index contributed by atoms with van der Waals surface area (Å²) in [5.74, 6) is 0. The van der Waals surface area contributed by atoms with Crippen molar-refractivity contribution in [1.29, 1.82) is 0 Å². The van der Waals surface area contributed by atoms with Crippen LogP contribution in [0.1, 0.15) is 6.92 Å². The van der Waals surface area contributed by atoms with E-state index in [2.05, 4.69) is 6.58 Å². The molecule has 0 spiro atoms. The molecule has 0 aromatic rings. The maximum atomic E-state index is 8.82. The zero-order chi connectivity index (χ0) is 6.57. The van der Waals surface area contributed by atoms with Gasteiger partial charge in [-0.05, 0) is 6.92 Å². The fraction of sp³-hybridized carbons (Fsp3) is 0.667. The van der Waals surface area contributed by atoms with E-state index in [-0.39, 0.29) is 6.10 Å². The molecule has 0 rings (SSSR count). The molecular formula is C6H12O2. The van der Waals surface area contributed by atoms with Crippen molar-refractivity contribution in [2.24, 2.45) is 0 Å². The number of hydrogen-bond donors (Lipinski definition) is 1. The van der Waals surface area contributed by atoms with Gasteiger partial charge in [0.25, 0.3) is 0 Å². The Bertz CT molecular complexity index is 68.9. The first-order valence-electron chi connectivity index (χ1n) is 2.55. The van der Waals surface area contributed by atoms with Crippen LogP contribution in [0.25, 0.3) is 0 Å². The topological polar surface area (TPSA) is 29.5 Å². The summed E-state index contributed by atoms with van der Waals surface area (Å²) in [5, 5.41) is 8.82. The lowest BCUT2D eigenvalue weighted by molar-refractivity contribution is 0.0279. The molecule has 0 fully saturated rings. The van der Waals surface area contributed by atoms with E-state index in [4.69, 9.17) is 9.84 Å². The normalized spacial score (nSPS) is 17.4. The minimum atomic E-state index is -0.461. The Hall–Kier alpha value is -0.340. The Labute approximate surface area is 49.8 Å². The van der Waals surface area contributed by atoms with Gasteiger partial charge in [-0.2, -0.15) is 0 Å². The van der Waals surface area contributed by atoms with Crippen molar-refractivity contribution >= 4 is 0 Å². The van der Waals surface area contributed by atoms with Crippen molar-refractivity contribution < 1.29 is 9.84 Å². The van der Waals surface area contributed by atoms with Gasteiger partial charge in [-0.3, -0.25) is 0 Å². The van der Waals surface area contributed by atoms with Crippen molar-refractivity contribution in [3.8, 4) is 0 Å². The summed E-state index contributed by atoms with van der Waals surface area (Å²) in [5.41, 5.74) is 0. The minimum Gasteiger partial charge on any atom is -0.390 e. The highest BCUT2D eigenvalue weighted by atomic mass is 16.5. The molecular weight excluding hydrogens is 104 g/mol. The first kappa shape index (κ1) is 7.66. The molecule has 0 aliphatic rings. The van der Waals surface area contributed by atoms with Gasteiger partial charge >= 0.3 is 0 Å². The highest BCUT2D eigenvalue weighted by Crippen LogP contribution is 1.96. The molecule has 2 heteroatoms. The monoisotopic (exact) mass is 116 g/mol. The van der Waals surface area contributed by atoms with Gasteiger partial charge in [0.2, 0.25) is 0 Å². The smallest absolute Gasteiger partial charge is 0.101 e. The van der Waals surface area contributed by atoms with Gasteiger partial charge in [0.15, 0.2) is 0 Å². The lowest BCUT2D eigenvalue weighted by atomic mass is 10.2. The average molecular weight is 116 g/mol. The van der Waals surface area contributed by atoms with E-state index < -0.39 is 6.10 Å². The zero-order valence-corrected chi connectivity index (χ0v) is 5.29. The van der Waals surface area contributed by atoms with Gasteiger partial charge in [0.05, 0.1) is 6.10 Å². The summed E-state index contributed by atoms with van der Waals surface area (Å²) in [6.45, 7) is 5.13. The maximum Gasteiger partial charge on any atom is 0.101 e. The Kier molecular flexibility index (Phi) is 3.48. The molecule has 0 saturated heterocycles.